The number of aliphatic hydroxyl groups excluding tert-OH is 1. The Bertz CT molecular complexity index is 340. The summed E-state index contributed by atoms with van der Waals surface area (Å²) >= 11 is 0. The lowest BCUT2D eigenvalue weighted by atomic mass is 9.94. The second kappa shape index (κ2) is 6.41. The number of nitrogens with one attached hydrogen (secondary N) is 2. The molecule has 5 heteroatoms. The van der Waals surface area contributed by atoms with Crippen molar-refractivity contribution in [2.24, 2.45) is 5.92 Å². The van der Waals surface area contributed by atoms with Crippen LogP contribution < -0.4 is 10.6 Å². The van der Waals surface area contributed by atoms with E-state index >= 15 is 0 Å². The molecule has 20 heavy (non-hydrogen) atoms. The highest BCUT2D eigenvalue weighted by atomic mass is 16.5. The van der Waals surface area contributed by atoms with Gasteiger partial charge in [0.05, 0.1) is 18.8 Å². The Hall–Kier alpha value is -0.650. The van der Waals surface area contributed by atoms with Crippen LogP contribution in [0.15, 0.2) is 0 Å². The van der Waals surface area contributed by atoms with Gasteiger partial charge in [0, 0.05) is 18.5 Å². The predicted octanol–water partition coefficient (Wildman–Crippen LogP) is 0.563. The summed E-state index contributed by atoms with van der Waals surface area (Å²) in [6.07, 6.45) is 7.52. The van der Waals surface area contributed by atoms with Crippen LogP contribution in [0.2, 0.25) is 0 Å². The van der Waals surface area contributed by atoms with Crippen molar-refractivity contribution in [2.75, 3.05) is 13.2 Å². The van der Waals surface area contributed by atoms with Crippen LogP contribution in [-0.2, 0) is 9.53 Å². The molecule has 3 N–H and O–H groups in total. The molecule has 0 bridgehead atoms. The molecule has 3 unspecified atom stereocenters. The van der Waals surface area contributed by atoms with E-state index in [1.54, 1.807) is 0 Å². The summed E-state index contributed by atoms with van der Waals surface area (Å²) in [5.41, 5.74) is 0. The number of carbonyl (C=O) groups excluding carboxylic acids is 1. The monoisotopic (exact) mass is 282 g/mol. The van der Waals surface area contributed by atoms with Crippen molar-refractivity contribution in [1.29, 1.82) is 0 Å². The summed E-state index contributed by atoms with van der Waals surface area (Å²) < 4.78 is 5.64. The maximum atomic E-state index is 11.6. The van der Waals surface area contributed by atoms with Gasteiger partial charge >= 0.3 is 0 Å². The fourth-order valence-corrected chi connectivity index (χ4v) is 3.27. The van der Waals surface area contributed by atoms with Gasteiger partial charge in [-0.05, 0) is 25.7 Å². The van der Waals surface area contributed by atoms with Crippen LogP contribution in [0.4, 0.5) is 0 Å². The molecule has 3 fully saturated rings. The molecule has 2 saturated carbocycles. The van der Waals surface area contributed by atoms with Crippen molar-refractivity contribution in [3.63, 3.8) is 0 Å². The molecule has 0 aromatic carbocycles. The number of hydrogen-bond acceptors (Lipinski definition) is 4. The van der Waals surface area contributed by atoms with E-state index in [1.807, 2.05) is 0 Å². The first-order valence-corrected chi connectivity index (χ1v) is 8.07. The van der Waals surface area contributed by atoms with Crippen molar-refractivity contribution in [3.8, 4) is 0 Å². The zero-order chi connectivity index (χ0) is 13.9. The van der Waals surface area contributed by atoms with Crippen LogP contribution in [-0.4, -0.2) is 48.5 Å². The highest BCUT2D eigenvalue weighted by Gasteiger charge is 2.38. The lowest BCUT2D eigenvalue weighted by Crippen LogP contribution is -2.48. The maximum absolute atomic E-state index is 11.6. The Morgan fingerprint density at radius 2 is 1.90 bits per heavy atom. The van der Waals surface area contributed by atoms with Crippen molar-refractivity contribution in [3.05, 3.63) is 0 Å². The molecule has 5 nitrogen and oxygen atoms in total. The molecule has 2 aliphatic carbocycles. The maximum Gasteiger partial charge on any atom is 0.223 e. The van der Waals surface area contributed by atoms with Gasteiger partial charge in [-0.2, -0.15) is 0 Å². The Balaban J connectivity index is 1.41. The van der Waals surface area contributed by atoms with E-state index < -0.39 is 6.10 Å². The van der Waals surface area contributed by atoms with E-state index in [1.165, 1.54) is 32.1 Å². The van der Waals surface area contributed by atoms with Crippen LogP contribution in [0, 0.1) is 5.92 Å². The topological polar surface area (TPSA) is 70.6 Å². The van der Waals surface area contributed by atoms with Crippen molar-refractivity contribution in [2.45, 2.75) is 69.2 Å². The third-order valence-electron chi connectivity index (χ3n) is 4.76. The third kappa shape index (κ3) is 3.51. The SMILES string of the molecule is O=C(NCC1OCC(NC2CCCCC2)C1O)C1CC1. The summed E-state index contributed by atoms with van der Waals surface area (Å²) in [5, 5.41) is 16.7. The number of ether oxygens (including phenoxy) is 1. The first kappa shape index (κ1) is 14.3. The van der Waals surface area contributed by atoms with E-state index in [0.717, 1.165) is 12.8 Å². The fraction of sp³-hybridized carbons (Fsp3) is 0.933. The molecule has 0 aromatic rings. The van der Waals surface area contributed by atoms with Gasteiger partial charge in [-0.15, -0.1) is 0 Å². The third-order valence-corrected chi connectivity index (χ3v) is 4.76. The van der Waals surface area contributed by atoms with Gasteiger partial charge in [-0.25, -0.2) is 0 Å². The lowest BCUT2D eigenvalue weighted by molar-refractivity contribution is -0.123. The smallest absolute Gasteiger partial charge is 0.223 e. The summed E-state index contributed by atoms with van der Waals surface area (Å²) in [5.74, 6) is 0.328. The van der Waals surface area contributed by atoms with Gasteiger partial charge in [0.1, 0.15) is 6.10 Å². The fourth-order valence-electron chi connectivity index (χ4n) is 3.27. The van der Waals surface area contributed by atoms with E-state index in [9.17, 15) is 9.90 Å². The standard InChI is InChI=1S/C15H26N2O3/c18-14-12(17-11-4-2-1-3-5-11)9-20-13(14)8-16-15(19)10-6-7-10/h10-14,17-18H,1-9H2,(H,16,19). The van der Waals surface area contributed by atoms with Crippen molar-refractivity contribution < 1.29 is 14.6 Å². The molecule has 1 saturated heterocycles. The molecular formula is C15H26N2O3. The Labute approximate surface area is 120 Å². The predicted molar refractivity (Wildman–Crippen MR) is 75.3 cm³/mol. The van der Waals surface area contributed by atoms with Crippen LogP contribution in [0.25, 0.3) is 0 Å². The van der Waals surface area contributed by atoms with Gasteiger partial charge in [0.2, 0.25) is 5.91 Å². The molecule has 3 atom stereocenters. The lowest BCUT2D eigenvalue weighted by Gasteiger charge is -2.27. The molecule has 3 rings (SSSR count). The van der Waals surface area contributed by atoms with E-state index in [2.05, 4.69) is 10.6 Å². The van der Waals surface area contributed by atoms with Crippen LogP contribution >= 0.6 is 0 Å². The molecule has 1 aliphatic heterocycles. The van der Waals surface area contributed by atoms with Crippen molar-refractivity contribution in [1.82, 2.24) is 10.6 Å². The summed E-state index contributed by atoms with van der Waals surface area (Å²) in [6, 6.07) is 0.535. The van der Waals surface area contributed by atoms with Gasteiger partial charge < -0.3 is 20.5 Å². The Morgan fingerprint density at radius 3 is 2.60 bits per heavy atom. The summed E-state index contributed by atoms with van der Waals surface area (Å²) in [7, 11) is 0. The molecule has 1 amide bonds. The number of aliphatic hydroxyl groups is 1. The molecule has 0 radical (unpaired) electrons. The van der Waals surface area contributed by atoms with Crippen LogP contribution in [0.3, 0.4) is 0 Å². The minimum absolute atomic E-state index is 0.0147. The molecule has 3 aliphatic rings. The highest BCUT2D eigenvalue weighted by Crippen LogP contribution is 2.29. The van der Waals surface area contributed by atoms with E-state index in [0.29, 0.717) is 19.2 Å². The number of carbonyl (C=O) groups is 1. The zero-order valence-corrected chi connectivity index (χ0v) is 12.0. The molecule has 0 aromatic heterocycles. The quantitative estimate of drug-likeness (QED) is 0.689. The van der Waals surface area contributed by atoms with Crippen LogP contribution in [0.5, 0.6) is 0 Å². The van der Waals surface area contributed by atoms with Gasteiger partial charge in [0.25, 0.3) is 0 Å². The van der Waals surface area contributed by atoms with E-state index in [4.69, 9.17) is 4.74 Å². The second-order valence-corrected chi connectivity index (χ2v) is 6.49. The normalized spacial score (nSPS) is 35.1. The molecular weight excluding hydrogens is 256 g/mol. The van der Waals surface area contributed by atoms with Crippen molar-refractivity contribution >= 4 is 5.91 Å². The van der Waals surface area contributed by atoms with Gasteiger partial charge in [-0.1, -0.05) is 19.3 Å². The van der Waals surface area contributed by atoms with Gasteiger partial charge in [0.15, 0.2) is 0 Å². The van der Waals surface area contributed by atoms with Crippen LogP contribution in [0.1, 0.15) is 44.9 Å². The number of rotatable bonds is 5. The molecule has 1 heterocycles. The van der Waals surface area contributed by atoms with Gasteiger partial charge in [-0.3, -0.25) is 4.79 Å². The second-order valence-electron chi connectivity index (χ2n) is 6.49. The summed E-state index contributed by atoms with van der Waals surface area (Å²) in [6.45, 7) is 0.973. The summed E-state index contributed by atoms with van der Waals surface area (Å²) in [4.78, 5) is 11.6. The Morgan fingerprint density at radius 1 is 1.15 bits per heavy atom. The van der Waals surface area contributed by atoms with E-state index in [-0.39, 0.29) is 24.0 Å². The molecule has 0 spiro atoms. The average Bonchev–Trinajstić information content (AvgIpc) is 3.26. The largest absolute Gasteiger partial charge is 0.389 e. The first-order chi connectivity index (χ1) is 9.74. The number of amides is 1. The minimum Gasteiger partial charge on any atom is -0.389 e. The highest BCUT2D eigenvalue weighted by molar-refractivity contribution is 5.80. The average molecular weight is 282 g/mol. The zero-order valence-electron chi connectivity index (χ0n) is 12.0. The number of hydrogen-bond donors (Lipinski definition) is 3. The molecule has 114 valence electrons. The minimum atomic E-state index is -0.517. The first-order valence-electron chi connectivity index (χ1n) is 8.07. The Kier molecular flexibility index (Phi) is 4.58.